The zero-order chi connectivity index (χ0) is 16.9. The Bertz CT molecular complexity index is 626. The van der Waals surface area contributed by atoms with Gasteiger partial charge in [0.15, 0.2) is 0 Å². The summed E-state index contributed by atoms with van der Waals surface area (Å²) in [4.78, 5) is 14.8. The number of phenols is 1. The maximum Gasteiger partial charge on any atom is 0.292 e. The average Bonchev–Trinajstić information content (AvgIpc) is 2.60. The van der Waals surface area contributed by atoms with Crippen molar-refractivity contribution in [1.29, 1.82) is 0 Å². The van der Waals surface area contributed by atoms with E-state index in [0.717, 1.165) is 44.2 Å². The number of rotatable bonds is 4. The number of nitrogens with zero attached hydrogens (tertiary/aromatic N) is 1. The SMILES string of the molecule is CC1=C(C(=O)N2CCCCC2CCc2cccc(O)c2)OCCO1. The van der Waals surface area contributed by atoms with Crippen molar-refractivity contribution >= 4 is 5.91 Å². The number of carbonyl (C=O) groups is 1. The number of phenolic OH excluding ortho intramolecular Hbond substituents is 1. The smallest absolute Gasteiger partial charge is 0.292 e. The summed E-state index contributed by atoms with van der Waals surface area (Å²) >= 11 is 0. The van der Waals surface area contributed by atoms with Gasteiger partial charge in [-0.3, -0.25) is 4.79 Å². The van der Waals surface area contributed by atoms with E-state index in [2.05, 4.69) is 0 Å². The highest BCUT2D eigenvalue weighted by molar-refractivity contribution is 5.92. The molecule has 2 heterocycles. The number of allylic oxidation sites excluding steroid dienone is 1. The number of hydrogen-bond acceptors (Lipinski definition) is 4. The standard InChI is InChI=1S/C19H25NO4/c1-14-18(24-12-11-23-14)19(22)20-10-3-2-6-16(20)9-8-15-5-4-7-17(21)13-15/h4-5,7,13,16,21H,2-3,6,8-12H2,1H3. The third kappa shape index (κ3) is 3.83. The first kappa shape index (κ1) is 16.7. The number of benzene rings is 1. The second kappa shape index (κ2) is 7.60. The van der Waals surface area contributed by atoms with Crippen molar-refractivity contribution in [3.8, 4) is 5.75 Å². The van der Waals surface area contributed by atoms with Crippen LogP contribution in [0.2, 0.25) is 0 Å². The van der Waals surface area contributed by atoms with E-state index < -0.39 is 0 Å². The van der Waals surface area contributed by atoms with Crippen molar-refractivity contribution in [1.82, 2.24) is 4.90 Å². The monoisotopic (exact) mass is 331 g/mol. The van der Waals surface area contributed by atoms with Crippen molar-refractivity contribution in [2.24, 2.45) is 0 Å². The molecule has 1 unspecified atom stereocenters. The zero-order valence-electron chi connectivity index (χ0n) is 14.2. The predicted molar refractivity (Wildman–Crippen MR) is 90.4 cm³/mol. The van der Waals surface area contributed by atoms with Gasteiger partial charge in [-0.05, 0) is 56.7 Å². The Labute approximate surface area is 142 Å². The van der Waals surface area contributed by atoms with Crippen LogP contribution in [-0.2, 0) is 20.7 Å². The van der Waals surface area contributed by atoms with Gasteiger partial charge in [-0.15, -0.1) is 0 Å². The van der Waals surface area contributed by atoms with Crippen LogP contribution in [0.4, 0.5) is 0 Å². The summed E-state index contributed by atoms with van der Waals surface area (Å²) in [7, 11) is 0. The van der Waals surface area contributed by atoms with Crippen LogP contribution in [0.25, 0.3) is 0 Å². The molecule has 2 aliphatic rings. The lowest BCUT2D eigenvalue weighted by molar-refractivity contribution is -0.136. The molecule has 0 saturated carbocycles. The number of carbonyl (C=O) groups excluding carboxylic acids is 1. The molecular weight excluding hydrogens is 306 g/mol. The van der Waals surface area contributed by atoms with E-state index in [9.17, 15) is 9.90 Å². The minimum atomic E-state index is -0.0483. The lowest BCUT2D eigenvalue weighted by Gasteiger charge is -2.37. The van der Waals surface area contributed by atoms with Gasteiger partial charge in [0.25, 0.3) is 5.91 Å². The molecule has 0 aliphatic carbocycles. The second-order valence-corrected chi connectivity index (χ2v) is 6.44. The van der Waals surface area contributed by atoms with Crippen molar-refractivity contribution in [3.63, 3.8) is 0 Å². The lowest BCUT2D eigenvalue weighted by atomic mass is 9.95. The third-order valence-electron chi connectivity index (χ3n) is 4.73. The number of aromatic hydroxyl groups is 1. The van der Waals surface area contributed by atoms with E-state index in [-0.39, 0.29) is 17.7 Å². The fourth-order valence-corrected chi connectivity index (χ4v) is 3.46. The van der Waals surface area contributed by atoms with Gasteiger partial charge in [0.1, 0.15) is 24.7 Å². The number of piperidine rings is 1. The van der Waals surface area contributed by atoms with Crippen LogP contribution in [0.5, 0.6) is 5.75 Å². The molecule has 1 amide bonds. The van der Waals surface area contributed by atoms with Gasteiger partial charge in [0, 0.05) is 12.6 Å². The van der Waals surface area contributed by atoms with E-state index in [1.165, 1.54) is 0 Å². The van der Waals surface area contributed by atoms with Crippen molar-refractivity contribution < 1.29 is 19.4 Å². The van der Waals surface area contributed by atoms with Crippen LogP contribution in [0.15, 0.2) is 35.8 Å². The highest BCUT2D eigenvalue weighted by Crippen LogP contribution is 2.26. The van der Waals surface area contributed by atoms with E-state index in [1.807, 2.05) is 17.0 Å². The first-order valence-corrected chi connectivity index (χ1v) is 8.70. The maximum atomic E-state index is 12.9. The number of hydrogen-bond donors (Lipinski definition) is 1. The topological polar surface area (TPSA) is 59.0 Å². The van der Waals surface area contributed by atoms with Crippen LogP contribution in [-0.4, -0.2) is 41.7 Å². The van der Waals surface area contributed by atoms with Gasteiger partial charge >= 0.3 is 0 Å². The fraction of sp³-hybridized carbons (Fsp3) is 0.526. The Morgan fingerprint density at radius 3 is 2.92 bits per heavy atom. The lowest BCUT2D eigenvalue weighted by Crippen LogP contribution is -2.45. The summed E-state index contributed by atoms with van der Waals surface area (Å²) in [5.74, 6) is 1.19. The molecule has 1 N–H and O–H groups in total. The minimum Gasteiger partial charge on any atom is -0.508 e. The average molecular weight is 331 g/mol. The van der Waals surface area contributed by atoms with Crippen LogP contribution in [0.3, 0.4) is 0 Å². The van der Waals surface area contributed by atoms with Crippen LogP contribution in [0.1, 0.15) is 38.2 Å². The fourth-order valence-electron chi connectivity index (χ4n) is 3.46. The first-order chi connectivity index (χ1) is 11.6. The molecule has 130 valence electrons. The summed E-state index contributed by atoms with van der Waals surface area (Å²) in [6.07, 6.45) is 4.92. The first-order valence-electron chi connectivity index (χ1n) is 8.70. The van der Waals surface area contributed by atoms with E-state index in [4.69, 9.17) is 9.47 Å². The van der Waals surface area contributed by atoms with Crippen LogP contribution in [0, 0.1) is 0 Å². The number of likely N-dealkylation sites (tertiary alicyclic amines) is 1. The van der Waals surface area contributed by atoms with Crippen LogP contribution >= 0.6 is 0 Å². The number of aryl methyl sites for hydroxylation is 1. The van der Waals surface area contributed by atoms with E-state index >= 15 is 0 Å². The molecule has 3 rings (SSSR count). The molecule has 1 aromatic carbocycles. The Balaban J connectivity index is 1.68. The summed E-state index contributed by atoms with van der Waals surface area (Å²) in [5, 5.41) is 9.59. The van der Waals surface area contributed by atoms with Crippen molar-refractivity contribution in [2.75, 3.05) is 19.8 Å². The van der Waals surface area contributed by atoms with Crippen molar-refractivity contribution in [3.05, 3.63) is 41.3 Å². The molecule has 1 aromatic rings. The second-order valence-electron chi connectivity index (χ2n) is 6.44. The third-order valence-corrected chi connectivity index (χ3v) is 4.73. The molecule has 0 spiro atoms. The molecule has 5 nitrogen and oxygen atoms in total. The van der Waals surface area contributed by atoms with Gasteiger partial charge in [0.2, 0.25) is 5.76 Å². The van der Waals surface area contributed by atoms with E-state index in [1.54, 1.807) is 19.1 Å². The summed E-state index contributed by atoms with van der Waals surface area (Å²) < 4.78 is 11.0. The predicted octanol–water partition coefficient (Wildman–Crippen LogP) is 2.98. The highest BCUT2D eigenvalue weighted by atomic mass is 16.6. The molecule has 5 heteroatoms. The van der Waals surface area contributed by atoms with E-state index in [0.29, 0.717) is 24.7 Å². The zero-order valence-corrected chi connectivity index (χ0v) is 14.2. The van der Waals surface area contributed by atoms with Gasteiger partial charge in [0.05, 0.1) is 0 Å². The summed E-state index contributed by atoms with van der Waals surface area (Å²) in [6, 6.07) is 7.55. The maximum absolute atomic E-state index is 12.9. The molecule has 2 aliphatic heterocycles. The normalized spacial score (nSPS) is 21.2. The van der Waals surface area contributed by atoms with Gasteiger partial charge in [-0.25, -0.2) is 0 Å². The Kier molecular flexibility index (Phi) is 5.28. The van der Waals surface area contributed by atoms with Crippen molar-refractivity contribution in [2.45, 2.75) is 45.1 Å². The van der Waals surface area contributed by atoms with Gasteiger partial charge in [-0.1, -0.05) is 12.1 Å². The Hall–Kier alpha value is -2.17. The summed E-state index contributed by atoms with van der Waals surface area (Å²) in [6.45, 7) is 3.49. The molecule has 0 radical (unpaired) electrons. The minimum absolute atomic E-state index is 0.0483. The quantitative estimate of drug-likeness (QED) is 0.921. The number of ether oxygens (including phenoxy) is 2. The number of amides is 1. The Morgan fingerprint density at radius 2 is 2.12 bits per heavy atom. The van der Waals surface area contributed by atoms with Gasteiger partial charge in [-0.2, -0.15) is 0 Å². The summed E-state index contributed by atoms with van der Waals surface area (Å²) in [5.41, 5.74) is 1.10. The molecule has 0 bridgehead atoms. The largest absolute Gasteiger partial charge is 0.508 e. The van der Waals surface area contributed by atoms with Crippen LogP contribution < -0.4 is 0 Å². The van der Waals surface area contributed by atoms with Gasteiger partial charge < -0.3 is 19.5 Å². The molecular formula is C19H25NO4. The molecule has 1 atom stereocenters. The molecule has 0 aromatic heterocycles. The highest BCUT2D eigenvalue weighted by Gasteiger charge is 2.31. The Morgan fingerprint density at radius 1 is 1.29 bits per heavy atom. The molecule has 1 saturated heterocycles. The molecule has 1 fully saturated rings. The molecule has 24 heavy (non-hydrogen) atoms.